The van der Waals surface area contributed by atoms with Crippen LogP contribution < -0.4 is 4.74 Å². The lowest BCUT2D eigenvalue weighted by molar-refractivity contribution is -0.188. The number of nitrogens with zero attached hydrogens (tertiary/aromatic N) is 3. The number of halogens is 4. The molecule has 1 aromatic rings. The minimum absolute atomic E-state index is 0.0775. The van der Waals surface area contributed by atoms with Gasteiger partial charge in [0.25, 0.3) is 0 Å². The maximum atomic E-state index is 14.1. The zero-order valence-electron chi connectivity index (χ0n) is 25.0. The maximum absolute atomic E-state index is 14.1. The van der Waals surface area contributed by atoms with Gasteiger partial charge in [0.1, 0.15) is 17.2 Å². The van der Waals surface area contributed by atoms with Crippen molar-refractivity contribution in [2.24, 2.45) is 5.92 Å². The molecule has 0 aliphatic carbocycles. The van der Waals surface area contributed by atoms with Crippen LogP contribution in [0.2, 0.25) is 0 Å². The second-order valence-electron chi connectivity index (χ2n) is 12.0. The van der Waals surface area contributed by atoms with Gasteiger partial charge in [-0.25, -0.2) is 4.39 Å². The molecule has 3 aliphatic heterocycles. The van der Waals surface area contributed by atoms with E-state index in [2.05, 4.69) is 24.6 Å². The van der Waals surface area contributed by atoms with Crippen LogP contribution in [-0.2, 0) is 9.59 Å². The first-order valence-electron chi connectivity index (χ1n) is 15.1. The van der Waals surface area contributed by atoms with Crippen LogP contribution >= 0.6 is 0 Å². The van der Waals surface area contributed by atoms with Crippen molar-refractivity contribution in [2.45, 2.75) is 82.5 Å². The number of fused-ring (bicyclic) bond motifs is 1. The van der Waals surface area contributed by atoms with Crippen LogP contribution in [0.25, 0.3) is 0 Å². The molecule has 1 spiro atoms. The Bertz CT molecular complexity index is 1230. The van der Waals surface area contributed by atoms with Crippen LogP contribution in [0.4, 0.5) is 17.6 Å². The molecule has 2 amide bonds. The van der Waals surface area contributed by atoms with Crippen LogP contribution in [-0.4, -0.2) is 77.2 Å². The third-order valence-corrected chi connectivity index (χ3v) is 8.88. The highest BCUT2D eigenvalue weighted by molar-refractivity contribution is 5.83. The molecule has 1 unspecified atom stereocenters. The SMILES string of the molecule is C=CC/C(=C\N1CCC(C(=O)N2CCC3(CC2)CC(N(C)C(=O)C(F)(F)F)c2cc(F)ccc2O3)CC1)CC(=N)CCC. The Hall–Kier alpha value is -3.37. The third-order valence-electron chi connectivity index (χ3n) is 8.88. The Morgan fingerprint density at radius 2 is 1.86 bits per heavy atom. The lowest BCUT2D eigenvalue weighted by Gasteiger charge is -2.49. The number of carbonyl (C=O) groups is 2. The summed E-state index contributed by atoms with van der Waals surface area (Å²) in [5, 5.41) is 8.18. The van der Waals surface area contributed by atoms with E-state index in [1.807, 2.05) is 11.0 Å². The summed E-state index contributed by atoms with van der Waals surface area (Å²) in [6.07, 6.45) is 4.31. The average Bonchev–Trinajstić information content (AvgIpc) is 2.96. The average molecular weight is 607 g/mol. The Morgan fingerprint density at radius 3 is 2.47 bits per heavy atom. The summed E-state index contributed by atoms with van der Waals surface area (Å²) in [6, 6.07) is 2.71. The van der Waals surface area contributed by atoms with Gasteiger partial charge in [-0.05, 0) is 55.7 Å². The highest BCUT2D eigenvalue weighted by atomic mass is 19.4. The molecule has 1 N–H and O–H groups in total. The number of ether oxygens (including phenoxy) is 1. The Kier molecular flexibility index (Phi) is 10.2. The van der Waals surface area contributed by atoms with Crippen molar-refractivity contribution in [1.29, 1.82) is 5.41 Å². The zero-order chi connectivity index (χ0) is 31.4. The monoisotopic (exact) mass is 606 g/mol. The third kappa shape index (κ3) is 7.78. The van der Waals surface area contributed by atoms with Crippen molar-refractivity contribution in [3.05, 3.63) is 54.0 Å². The van der Waals surface area contributed by atoms with Crippen LogP contribution in [0.15, 0.2) is 42.6 Å². The van der Waals surface area contributed by atoms with Crippen molar-refractivity contribution in [2.75, 3.05) is 33.2 Å². The fraction of sp³-hybridized carbons (Fsp3) is 0.594. The number of rotatable bonds is 9. The largest absolute Gasteiger partial charge is 0.487 e. The molecule has 7 nitrogen and oxygen atoms in total. The van der Waals surface area contributed by atoms with E-state index < -0.39 is 29.5 Å². The molecule has 1 atom stereocenters. The molecule has 4 rings (SSSR count). The number of likely N-dealkylation sites (tertiary alicyclic amines) is 2. The number of alkyl halides is 3. The number of carbonyl (C=O) groups excluding carboxylic acids is 2. The van der Waals surface area contributed by atoms with Crippen molar-refractivity contribution < 1.29 is 31.9 Å². The number of hydrogen-bond acceptors (Lipinski definition) is 5. The van der Waals surface area contributed by atoms with Crippen molar-refractivity contribution in [3.8, 4) is 5.75 Å². The van der Waals surface area contributed by atoms with Crippen LogP contribution in [0.1, 0.15) is 76.3 Å². The topological polar surface area (TPSA) is 76.9 Å². The van der Waals surface area contributed by atoms with Crippen molar-refractivity contribution in [1.82, 2.24) is 14.7 Å². The molecule has 43 heavy (non-hydrogen) atoms. The number of allylic oxidation sites excluding steroid dienone is 2. The summed E-state index contributed by atoms with van der Waals surface area (Å²) in [7, 11) is 1.09. The van der Waals surface area contributed by atoms with E-state index in [4.69, 9.17) is 10.1 Å². The van der Waals surface area contributed by atoms with E-state index in [1.54, 1.807) is 0 Å². The molecule has 0 bridgehead atoms. The first-order valence-corrected chi connectivity index (χ1v) is 15.1. The molecule has 0 radical (unpaired) electrons. The van der Waals surface area contributed by atoms with Crippen LogP contribution in [0.3, 0.4) is 0 Å². The molecule has 11 heteroatoms. The molecule has 0 aromatic heterocycles. The van der Waals surface area contributed by atoms with Gasteiger partial charge in [-0.3, -0.25) is 9.59 Å². The molecular formula is C32H42F4N4O3. The maximum Gasteiger partial charge on any atom is 0.471 e. The van der Waals surface area contributed by atoms with Crippen molar-refractivity contribution >= 4 is 17.5 Å². The van der Waals surface area contributed by atoms with Gasteiger partial charge in [0.05, 0.1) is 6.04 Å². The lowest BCUT2D eigenvalue weighted by Crippen LogP contribution is -2.55. The first-order chi connectivity index (χ1) is 20.4. The number of hydrogen-bond donors (Lipinski definition) is 1. The molecule has 3 heterocycles. The van der Waals surface area contributed by atoms with Crippen molar-refractivity contribution in [3.63, 3.8) is 0 Å². The second kappa shape index (κ2) is 13.5. The first kappa shape index (κ1) is 32.5. The molecule has 3 aliphatic rings. The minimum atomic E-state index is -5.06. The van der Waals surface area contributed by atoms with E-state index >= 15 is 0 Å². The smallest absolute Gasteiger partial charge is 0.471 e. The van der Waals surface area contributed by atoms with E-state index in [1.165, 1.54) is 12.1 Å². The predicted octanol–water partition coefficient (Wildman–Crippen LogP) is 6.41. The number of nitrogens with one attached hydrogen (secondary N) is 1. The van der Waals surface area contributed by atoms with E-state index in [0.717, 1.165) is 51.0 Å². The zero-order valence-corrected chi connectivity index (χ0v) is 25.0. The van der Waals surface area contributed by atoms with Gasteiger partial charge < -0.3 is 24.8 Å². The molecular weight excluding hydrogens is 564 g/mol. The second-order valence-corrected chi connectivity index (χ2v) is 12.0. The minimum Gasteiger partial charge on any atom is -0.487 e. The Balaban J connectivity index is 1.38. The quantitative estimate of drug-likeness (QED) is 0.200. The fourth-order valence-electron chi connectivity index (χ4n) is 6.55. The normalized spacial score (nSPS) is 20.8. The molecule has 1 aromatic carbocycles. The molecule has 0 saturated carbocycles. The summed E-state index contributed by atoms with van der Waals surface area (Å²) in [5.74, 6) is -2.38. The summed E-state index contributed by atoms with van der Waals surface area (Å²) in [5.41, 5.74) is 1.21. The van der Waals surface area contributed by atoms with E-state index in [-0.39, 0.29) is 29.6 Å². The summed E-state index contributed by atoms with van der Waals surface area (Å²) < 4.78 is 60.3. The summed E-state index contributed by atoms with van der Waals surface area (Å²) in [4.78, 5) is 30.3. The van der Waals surface area contributed by atoms with E-state index in [0.29, 0.717) is 55.8 Å². The summed E-state index contributed by atoms with van der Waals surface area (Å²) >= 11 is 0. The molecule has 2 saturated heterocycles. The van der Waals surface area contributed by atoms with E-state index in [9.17, 15) is 27.2 Å². The standard InChI is InChI=1S/C32H42F4N4O3/c1-4-6-22(18-25(37)7-5-2)21-39-14-10-23(11-15-39)29(41)40-16-12-31(13-17-40)20-27(38(3)30(42)32(34,35)36)26-19-24(33)8-9-28(26)43-31/h4,8-9,19,21,23,27,37H,1,5-7,10-18,20H2,2-3H3/b22-21+,37-25?. The van der Waals surface area contributed by atoms with Gasteiger partial charge in [-0.2, -0.15) is 13.2 Å². The molecule has 236 valence electrons. The van der Waals surface area contributed by atoms with Gasteiger partial charge in [-0.15, -0.1) is 6.58 Å². The van der Waals surface area contributed by atoms with Gasteiger partial charge in [0.15, 0.2) is 0 Å². The predicted molar refractivity (Wildman–Crippen MR) is 156 cm³/mol. The Morgan fingerprint density at radius 1 is 1.19 bits per heavy atom. The van der Waals surface area contributed by atoms with Gasteiger partial charge in [0, 0.05) is 76.1 Å². The van der Waals surface area contributed by atoms with Gasteiger partial charge in [0.2, 0.25) is 5.91 Å². The number of amides is 2. The lowest BCUT2D eigenvalue weighted by atomic mass is 9.79. The fourth-order valence-corrected chi connectivity index (χ4v) is 6.55. The number of piperidine rings is 2. The number of benzene rings is 1. The summed E-state index contributed by atoms with van der Waals surface area (Å²) in [6.45, 7) is 8.18. The Labute approximate surface area is 251 Å². The van der Waals surface area contributed by atoms with Crippen LogP contribution in [0, 0.1) is 17.1 Å². The highest BCUT2D eigenvalue weighted by Gasteiger charge is 2.50. The van der Waals surface area contributed by atoms with Gasteiger partial charge >= 0.3 is 12.1 Å². The van der Waals surface area contributed by atoms with Gasteiger partial charge in [-0.1, -0.05) is 19.4 Å². The van der Waals surface area contributed by atoms with Crippen LogP contribution in [0.5, 0.6) is 5.75 Å². The molecule has 2 fully saturated rings. The highest BCUT2D eigenvalue weighted by Crippen LogP contribution is 2.47.